The van der Waals surface area contributed by atoms with Gasteiger partial charge in [0.2, 0.25) is 21.8 Å². The van der Waals surface area contributed by atoms with Gasteiger partial charge in [0.05, 0.1) is 11.9 Å². The highest BCUT2D eigenvalue weighted by Crippen LogP contribution is 2.27. The fourth-order valence-corrected chi connectivity index (χ4v) is 5.63. The van der Waals surface area contributed by atoms with Gasteiger partial charge in [-0.05, 0) is 61.2 Å². The molecule has 1 N–H and O–H groups in total. The molecule has 2 amide bonds. The molecule has 0 aliphatic carbocycles. The number of nitrogens with zero attached hydrogens (tertiary/aromatic N) is 2. The Kier molecular flexibility index (Phi) is 11.0. The van der Waals surface area contributed by atoms with Gasteiger partial charge in [-0.25, -0.2) is 8.42 Å². The second-order valence-corrected chi connectivity index (χ2v) is 12.6. The van der Waals surface area contributed by atoms with E-state index < -0.39 is 28.5 Å². The molecular formula is C30H35Cl2N3O4S. The van der Waals surface area contributed by atoms with Gasteiger partial charge in [-0.2, -0.15) is 0 Å². The Morgan fingerprint density at radius 3 is 2.23 bits per heavy atom. The van der Waals surface area contributed by atoms with Crippen LogP contribution >= 0.6 is 23.2 Å². The van der Waals surface area contributed by atoms with E-state index in [1.54, 1.807) is 49.4 Å². The lowest BCUT2D eigenvalue weighted by Crippen LogP contribution is -2.54. The van der Waals surface area contributed by atoms with E-state index in [1.165, 1.54) is 4.90 Å². The quantitative estimate of drug-likeness (QED) is 0.291. The minimum Gasteiger partial charge on any atom is -0.352 e. The number of carbonyl (C=O) groups is 2. The second-order valence-electron chi connectivity index (χ2n) is 9.84. The maximum absolute atomic E-state index is 14.1. The molecule has 3 aromatic rings. The van der Waals surface area contributed by atoms with E-state index in [0.717, 1.165) is 16.1 Å². The van der Waals surface area contributed by atoms with Crippen molar-refractivity contribution >= 4 is 50.7 Å². The standard InChI is InChI=1S/C30H35Cl2N3O4S/c1-5-22(3)33-30(37)28(18-23-11-7-6-8-12-23)34(19-24-13-9-10-14-26(24)32)29(36)20-35(40(4,38)39)27-16-15-25(31)17-21(27)2/h6-17,22,28H,5,18-20H2,1-4H3,(H,33,37)/t22-,28+/m0/s1. The Morgan fingerprint density at radius 1 is 0.975 bits per heavy atom. The summed E-state index contributed by atoms with van der Waals surface area (Å²) in [5, 5.41) is 3.89. The Labute approximate surface area is 247 Å². The molecule has 40 heavy (non-hydrogen) atoms. The van der Waals surface area contributed by atoms with Crippen LogP contribution in [0.4, 0.5) is 5.69 Å². The first-order valence-electron chi connectivity index (χ1n) is 13.0. The van der Waals surface area contributed by atoms with E-state index in [0.29, 0.717) is 33.3 Å². The Balaban J connectivity index is 2.09. The van der Waals surface area contributed by atoms with Gasteiger partial charge in [-0.3, -0.25) is 13.9 Å². The van der Waals surface area contributed by atoms with E-state index in [9.17, 15) is 18.0 Å². The fourth-order valence-electron chi connectivity index (χ4n) is 4.30. The van der Waals surface area contributed by atoms with Crippen molar-refractivity contribution in [3.05, 3.63) is 99.5 Å². The van der Waals surface area contributed by atoms with Gasteiger partial charge in [0.15, 0.2) is 0 Å². The third-order valence-electron chi connectivity index (χ3n) is 6.68. The number of hydrogen-bond acceptors (Lipinski definition) is 4. The molecule has 2 atom stereocenters. The minimum absolute atomic E-state index is 0.0150. The molecule has 0 saturated carbocycles. The maximum atomic E-state index is 14.1. The predicted molar refractivity (Wildman–Crippen MR) is 162 cm³/mol. The van der Waals surface area contributed by atoms with Crippen molar-refractivity contribution in [3.63, 3.8) is 0 Å². The van der Waals surface area contributed by atoms with E-state index >= 15 is 0 Å². The molecule has 3 aromatic carbocycles. The molecule has 0 bridgehead atoms. The van der Waals surface area contributed by atoms with Crippen molar-refractivity contribution in [1.82, 2.24) is 10.2 Å². The Morgan fingerprint density at radius 2 is 1.62 bits per heavy atom. The molecule has 7 nitrogen and oxygen atoms in total. The zero-order valence-corrected chi connectivity index (χ0v) is 25.4. The lowest BCUT2D eigenvalue weighted by molar-refractivity contribution is -0.140. The lowest BCUT2D eigenvalue weighted by atomic mass is 10.0. The third-order valence-corrected chi connectivity index (χ3v) is 8.41. The SMILES string of the molecule is CC[C@H](C)NC(=O)[C@@H](Cc1ccccc1)N(Cc1ccccc1Cl)C(=O)CN(c1ccc(Cl)cc1C)S(C)(=O)=O. The molecular weight excluding hydrogens is 569 g/mol. The summed E-state index contributed by atoms with van der Waals surface area (Å²) in [4.78, 5) is 29.3. The van der Waals surface area contributed by atoms with Crippen molar-refractivity contribution in [1.29, 1.82) is 0 Å². The summed E-state index contributed by atoms with van der Waals surface area (Å²) >= 11 is 12.6. The van der Waals surface area contributed by atoms with Crippen LogP contribution in [0.25, 0.3) is 0 Å². The van der Waals surface area contributed by atoms with Crippen molar-refractivity contribution in [2.45, 2.75) is 52.2 Å². The van der Waals surface area contributed by atoms with Gasteiger partial charge in [0.25, 0.3) is 0 Å². The molecule has 10 heteroatoms. The average molecular weight is 605 g/mol. The van der Waals surface area contributed by atoms with Crippen LogP contribution in [0.15, 0.2) is 72.8 Å². The number of sulfonamides is 1. The van der Waals surface area contributed by atoms with Crippen molar-refractivity contribution in [2.75, 3.05) is 17.1 Å². The molecule has 0 saturated heterocycles. The predicted octanol–water partition coefficient (Wildman–Crippen LogP) is 5.62. The zero-order valence-electron chi connectivity index (χ0n) is 23.1. The number of aryl methyl sites for hydroxylation is 1. The van der Waals surface area contributed by atoms with Crippen LogP contribution < -0.4 is 9.62 Å². The zero-order chi connectivity index (χ0) is 29.4. The van der Waals surface area contributed by atoms with Crippen LogP contribution in [-0.2, 0) is 32.6 Å². The van der Waals surface area contributed by atoms with Crippen LogP contribution in [0.2, 0.25) is 10.0 Å². The summed E-state index contributed by atoms with van der Waals surface area (Å²) < 4.78 is 26.9. The normalized spacial score (nSPS) is 12.8. The number of carbonyl (C=O) groups excluding carboxylic acids is 2. The molecule has 0 heterocycles. The highest BCUT2D eigenvalue weighted by Gasteiger charge is 2.34. The average Bonchev–Trinajstić information content (AvgIpc) is 2.90. The first-order valence-corrected chi connectivity index (χ1v) is 15.6. The summed E-state index contributed by atoms with van der Waals surface area (Å²) in [6.07, 6.45) is 1.99. The Hall–Kier alpha value is -3.07. The van der Waals surface area contributed by atoms with Gasteiger partial charge >= 0.3 is 0 Å². The van der Waals surface area contributed by atoms with Crippen LogP contribution in [0.5, 0.6) is 0 Å². The minimum atomic E-state index is -3.87. The van der Waals surface area contributed by atoms with E-state index in [1.807, 2.05) is 44.2 Å². The topological polar surface area (TPSA) is 86.8 Å². The molecule has 0 unspecified atom stereocenters. The number of hydrogen-bond donors (Lipinski definition) is 1. The summed E-state index contributed by atoms with van der Waals surface area (Å²) in [5.41, 5.74) is 2.43. The van der Waals surface area contributed by atoms with Gasteiger partial charge in [0.1, 0.15) is 12.6 Å². The van der Waals surface area contributed by atoms with Crippen molar-refractivity contribution in [3.8, 4) is 0 Å². The lowest BCUT2D eigenvalue weighted by Gasteiger charge is -2.34. The van der Waals surface area contributed by atoms with Gasteiger partial charge in [0, 0.05) is 29.1 Å². The summed E-state index contributed by atoms with van der Waals surface area (Å²) in [6, 6.07) is 20.2. The van der Waals surface area contributed by atoms with Crippen molar-refractivity contribution < 1.29 is 18.0 Å². The monoisotopic (exact) mass is 603 g/mol. The van der Waals surface area contributed by atoms with Crippen LogP contribution in [0.1, 0.15) is 37.0 Å². The van der Waals surface area contributed by atoms with Crippen LogP contribution in [0, 0.1) is 6.92 Å². The molecule has 0 radical (unpaired) electrons. The molecule has 214 valence electrons. The second kappa shape index (κ2) is 14.0. The highest BCUT2D eigenvalue weighted by molar-refractivity contribution is 7.92. The number of anilines is 1. The van der Waals surface area contributed by atoms with Crippen LogP contribution in [0.3, 0.4) is 0 Å². The number of benzene rings is 3. The van der Waals surface area contributed by atoms with E-state index in [4.69, 9.17) is 23.2 Å². The third kappa shape index (κ3) is 8.46. The molecule has 0 fully saturated rings. The van der Waals surface area contributed by atoms with Gasteiger partial charge in [-0.1, -0.05) is 78.7 Å². The molecule has 0 aromatic heterocycles. The number of nitrogens with one attached hydrogen (secondary N) is 1. The molecule has 0 aliphatic heterocycles. The summed E-state index contributed by atoms with van der Waals surface area (Å²) in [6.45, 7) is 5.09. The molecule has 0 aliphatic rings. The first-order chi connectivity index (χ1) is 18.9. The van der Waals surface area contributed by atoms with Crippen molar-refractivity contribution in [2.24, 2.45) is 0 Å². The number of amides is 2. The first kappa shape index (κ1) is 31.5. The van der Waals surface area contributed by atoms with Crippen LogP contribution in [-0.4, -0.2) is 50.0 Å². The molecule has 3 rings (SSSR count). The largest absolute Gasteiger partial charge is 0.352 e. The van der Waals surface area contributed by atoms with Gasteiger partial charge in [-0.15, -0.1) is 0 Å². The highest BCUT2D eigenvalue weighted by atomic mass is 35.5. The Bertz CT molecular complexity index is 1430. The fraction of sp³-hybridized carbons (Fsp3) is 0.333. The number of halogens is 2. The van der Waals surface area contributed by atoms with Gasteiger partial charge < -0.3 is 10.2 Å². The smallest absolute Gasteiger partial charge is 0.244 e. The van der Waals surface area contributed by atoms with E-state index in [2.05, 4.69) is 5.32 Å². The summed E-state index contributed by atoms with van der Waals surface area (Å²) in [5.74, 6) is -0.868. The number of rotatable bonds is 12. The molecule has 0 spiro atoms. The summed E-state index contributed by atoms with van der Waals surface area (Å²) in [7, 11) is -3.87. The van der Waals surface area contributed by atoms with E-state index in [-0.39, 0.29) is 24.9 Å². The maximum Gasteiger partial charge on any atom is 0.244 e.